The molecule has 1 aliphatic carbocycles. The van der Waals surface area contributed by atoms with E-state index in [-0.39, 0.29) is 0 Å². The number of allylic oxidation sites excluding steroid dienone is 2. The largest absolute Gasteiger partial charge is 0.494 e. The molecule has 0 heterocycles. The lowest BCUT2D eigenvalue weighted by Crippen LogP contribution is -2.09. The van der Waals surface area contributed by atoms with E-state index >= 15 is 0 Å². The highest BCUT2D eigenvalue weighted by Crippen LogP contribution is 2.34. The lowest BCUT2D eigenvalue weighted by atomic mass is 9.81. The van der Waals surface area contributed by atoms with E-state index in [4.69, 9.17) is 4.74 Å². The molecule has 2 rings (SSSR count). The molecule has 116 valence electrons. The minimum absolute atomic E-state index is 0.805. The van der Waals surface area contributed by atoms with Gasteiger partial charge in [0.1, 0.15) is 5.75 Å². The van der Waals surface area contributed by atoms with E-state index < -0.39 is 0 Å². The fourth-order valence-electron chi connectivity index (χ4n) is 3.09. The summed E-state index contributed by atoms with van der Waals surface area (Å²) in [7, 11) is 0. The first-order chi connectivity index (χ1) is 10.2. The minimum Gasteiger partial charge on any atom is -0.494 e. The van der Waals surface area contributed by atoms with Gasteiger partial charge < -0.3 is 4.74 Å². The third-order valence-corrected chi connectivity index (χ3v) is 4.65. The van der Waals surface area contributed by atoms with Gasteiger partial charge >= 0.3 is 0 Å². The lowest BCUT2D eigenvalue weighted by molar-refractivity contribution is 0.317. The Morgan fingerprint density at radius 1 is 1.19 bits per heavy atom. The van der Waals surface area contributed by atoms with Crippen LogP contribution in [0.2, 0.25) is 0 Å². The Morgan fingerprint density at radius 3 is 2.52 bits per heavy atom. The Kier molecular flexibility index (Phi) is 6.35. The molecule has 0 aliphatic heterocycles. The van der Waals surface area contributed by atoms with Gasteiger partial charge in [0.15, 0.2) is 0 Å². The van der Waals surface area contributed by atoms with E-state index in [1.165, 1.54) is 43.2 Å². The first-order valence-corrected chi connectivity index (χ1v) is 8.65. The van der Waals surface area contributed by atoms with Crippen LogP contribution in [-0.2, 0) is 0 Å². The van der Waals surface area contributed by atoms with E-state index in [9.17, 15) is 0 Å². The van der Waals surface area contributed by atoms with E-state index in [0.29, 0.717) is 0 Å². The van der Waals surface area contributed by atoms with E-state index in [2.05, 4.69) is 51.1 Å². The molecule has 1 nitrogen and oxygen atoms in total. The average Bonchev–Trinajstić information content (AvgIpc) is 2.54. The van der Waals surface area contributed by atoms with Crippen LogP contribution in [0.5, 0.6) is 5.75 Å². The van der Waals surface area contributed by atoms with Crippen LogP contribution in [0, 0.1) is 11.8 Å². The molecule has 1 aromatic rings. The lowest BCUT2D eigenvalue weighted by Gasteiger charge is -2.24. The summed E-state index contributed by atoms with van der Waals surface area (Å²) in [5.74, 6) is 2.77. The Bertz CT molecular complexity index is 443. The first-order valence-electron chi connectivity index (χ1n) is 8.65. The predicted molar refractivity (Wildman–Crippen MR) is 91.6 cm³/mol. The van der Waals surface area contributed by atoms with Crippen molar-refractivity contribution in [3.8, 4) is 5.75 Å². The highest BCUT2D eigenvalue weighted by Gasteiger charge is 2.17. The summed E-state index contributed by atoms with van der Waals surface area (Å²) in [6, 6.07) is 8.64. The standard InChI is InChI=1S/C20H30O/c1-4-14-21-20-12-10-19(11-13-20)18-8-6-17(7-9-18)15-16(3)5-2/h8,10-13,16-17H,4-7,9,14-15H2,1-3H3. The molecule has 0 radical (unpaired) electrons. The molecular formula is C20H30O. The van der Waals surface area contributed by atoms with Gasteiger partial charge in [-0.1, -0.05) is 45.4 Å². The number of hydrogen-bond acceptors (Lipinski definition) is 1. The number of ether oxygens (including phenoxy) is 1. The van der Waals surface area contributed by atoms with Gasteiger partial charge in [-0.2, -0.15) is 0 Å². The van der Waals surface area contributed by atoms with E-state index in [1.54, 1.807) is 0 Å². The minimum atomic E-state index is 0.805. The Labute approximate surface area is 130 Å². The van der Waals surface area contributed by atoms with Crippen LogP contribution >= 0.6 is 0 Å². The molecule has 0 fully saturated rings. The van der Waals surface area contributed by atoms with Crippen molar-refractivity contribution >= 4 is 5.57 Å². The maximum absolute atomic E-state index is 5.65. The second-order valence-electron chi connectivity index (χ2n) is 6.49. The van der Waals surface area contributed by atoms with Gasteiger partial charge in [0, 0.05) is 0 Å². The number of rotatable bonds is 7. The summed E-state index contributed by atoms with van der Waals surface area (Å²) in [4.78, 5) is 0. The van der Waals surface area contributed by atoms with E-state index in [1.807, 2.05) is 0 Å². The first kappa shape index (κ1) is 16.1. The molecule has 1 aromatic carbocycles. The fraction of sp³-hybridized carbons (Fsp3) is 0.600. The average molecular weight is 286 g/mol. The molecule has 0 amide bonds. The number of hydrogen-bond donors (Lipinski definition) is 0. The fourth-order valence-corrected chi connectivity index (χ4v) is 3.09. The topological polar surface area (TPSA) is 9.23 Å². The summed E-state index contributed by atoms with van der Waals surface area (Å²) in [6.07, 6.45) is 10.1. The summed E-state index contributed by atoms with van der Waals surface area (Å²) >= 11 is 0. The highest BCUT2D eigenvalue weighted by atomic mass is 16.5. The van der Waals surface area contributed by atoms with Crippen molar-refractivity contribution in [2.24, 2.45) is 11.8 Å². The van der Waals surface area contributed by atoms with Gasteiger partial charge in [0.2, 0.25) is 0 Å². The maximum atomic E-state index is 5.65. The molecule has 1 heteroatoms. The van der Waals surface area contributed by atoms with Gasteiger partial charge in [0.25, 0.3) is 0 Å². The quantitative estimate of drug-likeness (QED) is 0.589. The molecule has 2 atom stereocenters. The van der Waals surface area contributed by atoms with Crippen molar-refractivity contribution in [2.45, 2.75) is 59.3 Å². The van der Waals surface area contributed by atoms with Crippen LogP contribution in [0.3, 0.4) is 0 Å². The van der Waals surface area contributed by atoms with Crippen LogP contribution in [0.1, 0.15) is 64.9 Å². The van der Waals surface area contributed by atoms with Gasteiger partial charge in [-0.25, -0.2) is 0 Å². The monoisotopic (exact) mass is 286 g/mol. The molecule has 0 saturated heterocycles. The van der Waals surface area contributed by atoms with Crippen LogP contribution < -0.4 is 4.74 Å². The number of benzene rings is 1. The Morgan fingerprint density at radius 2 is 1.95 bits per heavy atom. The normalized spacial score (nSPS) is 20.0. The second kappa shape index (κ2) is 8.26. The third kappa shape index (κ3) is 4.91. The molecule has 0 saturated carbocycles. The van der Waals surface area contributed by atoms with E-state index in [0.717, 1.165) is 30.6 Å². The van der Waals surface area contributed by atoms with Crippen molar-refractivity contribution in [1.29, 1.82) is 0 Å². The van der Waals surface area contributed by atoms with Gasteiger partial charge in [-0.3, -0.25) is 0 Å². The third-order valence-electron chi connectivity index (χ3n) is 4.65. The van der Waals surface area contributed by atoms with Crippen molar-refractivity contribution in [1.82, 2.24) is 0 Å². The summed E-state index contributed by atoms with van der Waals surface area (Å²) < 4.78 is 5.65. The van der Waals surface area contributed by atoms with Crippen LogP contribution in [0.15, 0.2) is 30.3 Å². The van der Waals surface area contributed by atoms with Crippen molar-refractivity contribution in [3.63, 3.8) is 0 Å². The van der Waals surface area contributed by atoms with Crippen molar-refractivity contribution < 1.29 is 4.74 Å². The summed E-state index contributed by atoms with van der Waals surface area (Å²) in [5.41, 5.74) is 2.90. The van der Waals surface area contributed by atoms with Gasteiger partial charge in [-0.05, 0) is 67.2 Å². The molecule has 0 aromatic heterocycles. The van der Waals surface area contributed by atoms with Crippen LogP contribution in [-0.4, -0.2) is 6.61 Å². The molecule has 0 bridgehead atoms. The Balaban J connectivity index is 1.91. The molecule has 1 aliphatic rings. The zero-order valence-corrected chi connectivity index (χ0v) is 13.9. The summed E-state index contributed by atoms with van der Waals surface area (Å²) in [6.45, 7) is 7.63. The highest BCUT2D eigenvalue weighted by molar-refractivity contribution is 5.66. The molecule has 21 heavy (non-hydrogen) atoms. The maximum Gasteiger partial charge on any atom is 0.119 e. The summed E-state index contributed by atoms with van der Waals surface area (Å²) in [5, 5.41) is 0. The van der Waals surface area contributed by atoms with Crippen molar-refractivity contribution in [3.05, 3.63) is 35.9 Å². The molecule has 0 N–H and O–H groups in total. The smallest absolute Gasteiger partial charge is 0.119 e. The molecule has 0 spiro atoms. The molecule has 2 unspecified atom stereocenters. The van der Waals surface area contributed by atoms with Gasteiger partial charge in [0.05, 0.1) is 6.61 Å². The second-order valence-corrected chi connectivity index (χ2v) is 6.49. The van der Waals surface area contributed by atoms with Crippen LogP contribution in [0.4, 0.5) is 0 Å². The van der Waals surface area contributed by atoms with Gasteiger partial charge in [-0.15, -0.1) is 0 Å². The van der Waals surface area contributed by atoms with Crippen LogP contribution in [0.25, 0.3) is 5.57 Å². The predicted octanol–water partition coefficient (Wildman–Crippen LogP) is 6.10. The zero-order valence-electron chi connectivity index (χ0n) is 13.9. The van der Waals surface area contributed by atoms with Crippen molar-refractivity contribution in [2.75, 3.05) is 6.61 Å². The SMILES string of the molecule is CCCOc1ccc(C2=CCC(CC(C)CC)CC2)cc1. The Hall–Kier alpha value is -1.24. The molecular weight excluding hydrogens is 256 g/mol. The zero-order chi connectivity index (χ0) is 15.1.